The minimum atomic E-state index is -1.97. The molecular formula is C23H34O5Si. The van der Waals surface area contributed by atoms with Gasteiger partial charge in [0.15, 0.2) is 8.32 Å². The van der Waals surface area contributed by atoms with Crippen LogP contribution in [-0.4, -0.2) is 39.9 Å². The Morgan fingerprint density at radius 1 is 1.31 bits per heavy atom. The van der Waals surface area contributed by atoms with E-state index in [0.717, 1.165) is 42.4 Å². The number of fused-ring (bicyclic) bond motifs is 3. The van der Waals surface area contributed by atoms with E-state index in [2.05, 4.69) is 46.0 Å². The van der Waals surface area contributed by atoms with Crippen LogP contribution in [0.2, 0.25) is 18.1 Å². The van der Waals surface area contributed by atoms with Crippen molar-refractivity contribution in [2.24, 2.45) is 5.92 Å². The highest BCUT2D eigenvalue weighted by Gasteiger charge is 2.53. The van der Waals surface area contributed by atoms with Crippen molar-refractivity contribution in [3.05, 3.63) is 29.3 Å². The third-order valence-corrected chi connectivity index (χ3v) is 11.4. The maximum atomic E-state index is 12.1. The van der Waals surface area contributed by atoms with Gasteiger partial charge in [-0.2, -0.15) is 0 Å². The number of esters is 1. The van der Waals surface area contributed by atoms with Crippen LogP contribution in [0, 0.1) is 5.92 Å². The van der Waals surface area contributed by atoms with Crippen LogP contribution in [0.5, 0.6) is 5.75 Å². The summed E-state index contributed by atoms with van der Waals surface area (Å²) >= 11 is 0. The zero-order valence-electron chi connectivity index (χ0n) is 18.5. The molecule has 3 rings (SSSR count). The molecular weight excluding hydrogens is 384 g/mol. The summed E-state index contributed by atoms with van der Waals surface area (Å²) in [7, 11) is -0.557. The number of aryl methyl sites for hydroxylation is 1. The van der Waals surface area contributed by atoms with Gasteiger partial charge in [-0.25, -0.2) is 0 Å². The van der Waals surface area contributed by atoms with E-state index in [-0.39, 0.29) is 35.1 Å². The first kappa shape index (κ1) is 22.0. The molecule has 160 valence electrons. The lowest BCUT2D eigenvalue weighted by Gasteiger charge is -2.39. The van der Waals surface area contributed by atoms with Gasteiger partial charge in [-0.1, -0.05) is 39.0 Å². The molecule has 0 amide bonds. The van der Waals surface area contributed by atoms with Crippen molar-refractivity contribution >= 4 is 20.6 Å². The highest BCUT2D eigenvalue weighted by atomic mass is 28.4. The first-order chi connectivity index (χ1) is 13.6. The Labute approximate surface area is 175 Å². The topological polar surface area (TPSA) is 61.8 Å². The quantitative estimate of drug-likeness (QED) is 0.367. The molecule has 0 N–H and O–H groups in total. The second-order valence-corrected chi connectivity index (χ2v) is 14.6. The number of carbonyl (C=O) groups excluding carboxylic acids is 2. The zero-order chi connectivity index (χ0) is 21.4. The first-order valence-corrected chi connectivity index (χ1v) is 13.5. The van der Waals surface area contributed by atoms with Crippen molar-refractivity contribution in [2.45, 2.75) is 82.7 Å². The number of ether oxygens (including phenoxy) is 2. The molecule has 1 aliphatic heterocycles. The van der Waals surface area contributed by atoms with Crippen LogP contribution < -0.4 is 4.74 Å². The number of benzene rings is 1. The van der Waals surface area contributed by atoms with Crippen molar-refractivity contribution in [1.29, 1.82) is 0 Å². The summed E-state index contributed by atoms with van der Waals surface area (Å²) in [6.07, 6.45) is 3.59. The van der Waals surface area contributed by atoms with Crippen LogP contribution in [0.25, 0.3) is 0 Å². The fraction of sp³-hybridized carbons (Fsp3) is 0.652. The predicted molar refractivity (Wildman–Crippen MR) is 115 cm³/mol. The number of methoxy groups -OCH3 is 1. The van der Waals surface area contributed by atoms with Gasteiger partial charge in [0.05, 0.1) is 19.1 Å². The van der Waals surface area contributed by atoms with Gasteiger partial charge in [-0.05, 0) is 36.5 Å². The van der Waals surface area contributed by atoms with Gasteiger partial charge < -0.3 is 18.7 Å². The van der Waals surface area contributed by atoms with E-state index < -0.39 is 8.32 Å². The summed E-state index contributed by atoms with van der Waals surface area (Å²) < 4.78 is 17.7. The average Bonchev–Trinajstić information content (AvgIpc) is 3.16. The van der Waals surface area contributed by atoms with Crippen molar-refractivity contribution in [2.75, 3.05) is 7.11 Å². The van der Waals surface area contributed by atoms with Crippen LogP contribution in [0.4, 0.5) is 0 Å². The van der Waals surface area contributed by atoms with Crippen molar-refractivity contribution in [3.63, 3.8) is 0 Å². The summed E-state index contributed by atoms with van der Waals surface area (Å²) in [5.74, 6) is 0.588. The SMILES string of the molecule is COC(=O)CCCc1cccc2c1O[C@H]1C[C@@H](O[Si](C)(C)C(C)(C)C)[C@H](C=O)[C@@H]21. The summed E-state index contributed by atoms with van der Waals surface area (Å²) in [4.78, 5) is 23.5. The van der Waals surface area contributed by atoms with Gasteiger partial charge in [0.25, 0.3) is 0 Å². The van der Waals surface area contributed by atoms with Gasteiger partial charge in [-0.15, -0.1) is 0 Å². The molecule has 0 bridgehead atoms. The van der Waals surface area contributed by atoms with Crippen LogP contribution in [-0.2, 0) is 25.2 Å². The number of hydrogen-bond acceptors (Lipinski definition) is 5. The molecule has 1 saturated carbocycles. The maximum Gasteiger partial charge on any atom is 0.305 e. The molecule has 1 aromatic carbocycles. The van der Waals surface area contributed by atoms with Crippen molar-refractivity contribution in [3.8, 4) is 5.75 Å². The number of para-hydroxylation sites is 1. The number of aldehydes is 1. The Balaban J connectivity index is 1.77. The van der Waals surface area contributed by atoms with Gasteiger partial charge in [0.2, 0.25) is 0 Å². The average molecular weight is 419 g/mol. The highest BCUT2D eigenvalue weighted by molar-refractivity contribution is 6.74. The van der Waals surface area contributed by atoms with Crippen molar-refractivity contribution < 1.29 is 23.5 Å². The molecule has 1 aromatic rings. The molecule has 5 nitrogen and oxygen atoms in total. The summed E-state index contributed by atoms with van der Waals surface area (Å²) in [6, 6.07) is 6.16. The second-order valence-electron chi connectivity index (χ2n) is 9.81. The van der Waals surface area contributed by atoms with Gasteiger partial charge >= 0.3 is 5.97 Å². The maximum absolute atomic E-state index is 12.1. The molecule has 0 saturated heterocycles. The molecule has 6 heteroatoms. The Morgan fingerprint density at radius 3 is 2.66 bits per heavy atom. The Morgan fingerprint density at radius 2 is 2.03 bits per heavy atom. The molecule has 0 aromatic heterocycles. The molecule has 0 unspecified atom stereocenters. The molecule has 1 heterocycles. The second kappa shape index (κ2) is 8.23. The fourth-order valence-electron chi connectivity index (χ4n) is 4.28. The molecule has 4 atom stereocenters. The lowest BCUT2D eigenvalue weighted by molar-refractivity contribution is -0.140. The normalized spacial score (nSPS) is 25.9. The summed E-state index contributed by atoms with van der Waals surface area (Å²) in [5.41, 5.74) is 2.22. The van der Waals surface area contributed by atoms with E-state index in [0.29, 0.717) is 6.42 Å². The number of hydrogen-bond donors (Lipinski definition) is 0. The Bertz CT molecular complexity index is 767. The van der Waals surface area contributed by atoms with Crippen LogP contribution >= 0.6 is 0 Å². The summed E-state index contributed by atoms with van der Waals surface area (Å²) in [6.45, 7) is 11.1. The molecule has 1 aliphatic carbocycles. The molecule has 1 fully saturated rings. The van der Waals surface area contributed by atoms with Gasteiger partial charge in [-0.3, -0.25) is 4.79 Å². The molecule has 0 spiro atoms. The fourth-order valence-corrected chi connectivity index (χ4v) is 5.64. The predicted octanol–water partition coefficient (Wildman–Crippen LogP) is 4.64. The van der Waals surface area contributed by atoms with E-state index in [9.17, 15) is 9.59 Å². The molecule has 0 radical (unpaired) electrons. The van der Waals surface area contributed by atoms with Gasteiger partial charge in [0.1, 0.15) is 18.1 Å². The van der Waals surface area contributed by atoms with E-state index >= 15 is 0 Å². The lowest BCUT2D eigenvalue weighted by Crippen LogP contribution is -2.45. The monoisotopic (exact) mass is 418 g/mol. The van der Waals surface area contributed by atoms with E-state index in [1.54, 1.807) is 0 Å². The Hall–Kier alpha value is -1.66. The standard InChI is InChI=1S/C23H34O5Si/c1-23(2,3)29(5,6)28-18-13-19-21(17(18)14-24)16-11-7-9-15(22(16)27-19)10-8-12-20(25)26-4/h7,9,11,14,17-19,21H,8,10,12-13H2,1-6H3/t17-,18+,19-,21+/m0/s1. The molecule has 29 heavy (non-hydrogen) atoms. The van der Waals surface area contributed by atoms with Crippen LogP contribution in [0.15, 0.2) is 18.2 Å². The molecule has 2 aliphatic rings. The van der Waals surface area contributed by atoms with E-state index in [1.807, 2.05) is 6.07 Å². The first-order valence-electron chi connectivity index (χ1n) is 10.6. The minimum Gasteiger partial charge on any atom is -0.489 e. The van der Waals surface area contributed by atoms with E-state index in [4.69, 9.17) is 13.9 Å². The largest absolute Gasteiger partial charge is 0.489 e. The smallest absolute Gasteiger partial charge is 0.305 e. The van der Waals surface area contributed by atoms with Crippen LogP contribution in [0.3, 0.4) is 0 Å². The van der Waals surface area contributed by atoms with Crippen molar-refractivity contribution in [1.82, 2.24) is 0 Å². The third kappa shape index (κ3) is 4.28. The van der Waals surface area contributed by atoms with Gasteiger partial charge in [0, 0.05) is 24.3 Å². The summed E-state index contributed by atoms with van der Waals surface area (Å²) in [5, 5.41) is 0.101. The zero-order valence-corrected chi connectivity index (χ0v) is 19.5. The minimum absolute atomic E-state index is 0.0169. The Kier molecular flexibility index (Phi) is 6.25. The van der Waals surface area contributed by atoms with E-state index in [1.165, 1.54) is 7.11 Å². The third-order valence-electron chi connectivity index (χ3n) is 6.93. The number of rotatable bonds is 7. The number of carbonyl (C=O) groups is 2. The van der Waals surface area contributed by atoms with Crippen LogP contribution in [0.1, 0.15) is 57.1 Å². The highest BCUT2D eigenvalue weighted by Crippen LogP contribution is 2.53. The lowest BCUT2D eigenvalue weighted by atomic mass is 9.88.